The van der Waals surface area contributed by atoms with Gasteiger partial charge in [0.2, 0.25) is 5.91 Å². The Bertz CT molecular complexity index is 943. The van der Waals surface area contributed by atoms with Crippen LogP contribution >= 0.6 is 22.7 Å². The molecule has 0 atom stereocenters. The number of amides is 1. The fraction of sp³-hybridized carbons (Fsp3) is 0.731. The lowest BCUT2D eigenvalue weighted by molar-refractivity contribution is -0.121. The Balaban J connectivity index is 1.01. The van der Waals surface area contributed by atoms with Crippen molar-refractivity contribution in [2.24, 2.45) is 5.92 Å². The predicted molar refractivity (Wildman–Crippen MR) is 141 cm³/mol. The Labute approximate surface area is 212 Å². The first-order valence-corrected chi connectivity index (χ1v) is 14.9. The number of hydrogen-bond acceptors (Lipinski definition) is 7. The molecule has 0 saturated heterocycles. The number of nitrogens with one attached hydrogen (secondary N) is 2. The van der Waals surface area contributed by atoms with Gasteiger partial charge in [-0.3, -0.25) is 9.69 Å². The Hall–Kier alpha value is -1.51. The van der Waals surface area contributed by atoms with Gasteiger partial charge in [0.05, 0.1) is 17.1 Å². The van der Waals surface area contributed by atoms with E-state index in [2.05, 4.69) is 20.5 Å². The molecule has 2 aliphatic carbocycles. The minimum Gasteiger partial charge on any atom is -0.359 e. The van der Waals surface area contributed by atoms with Crippen LogP contribution in [-0.4, -0.2) is 45.9 Å². The Kier molecular flexibility index (Phi) is 8.17. The minimum absolute atomic E-state index is 0.150. The molecular weight excluding hydrogens is 462 g/mol. The average Bonchev–Trinajstić information content (AvgIpc) is 3.43. The van der Waals surface area contributed by atoms with Crippen molar-refractivity contribution < 1.29 is 4.79 Å². The maximum Gasteiger partial charge on any atom is 0.225 e. The van der Waals surface area contributed by atoms with E-state index in [-0.39, 0.29) is 5.91 Å². The maximum absolute atomic E-state index is 12.4. The quantitative estimate of drug-likeness (QED) is 0.512. The van der Waals surface area contributed by atoms with Gasteiger partial charge in [0.15, 0.2) is 5.13 Å². The summed E-state index contributed by atoms with van der Waals surface area (Å²) in [6.45, 7) is 5.34. The third-order valence-electron chi connectivity index (χ3n) is 7.81. The molecule has 34 heavy (non-hydrogen) atoms. The minimum atomic E-state index is 0.150. The number of thiazole rings is 2. The molecule has 2 aromatic rings. The van der Waals surface area contributed by atoms with Crippen molar-refractivity contribution in [2.45, 2.75) is 103 Å². The van der Waals surface area contributed by atoms with E-state index in [1.165, 1.54) is 75.0 Å². The molecule has 3 heterocycles. The SMILES string of the molecule is Cc1ncc(CC(=O)N[C@H]2CC[C@H](CCN3CCc4sc(NC5CCCCC5)nc4C3)CC2)s1. The van der Waals surface area contributed by atoms with E-state index in [4.69, 9.17) is 4.98 Å². The van der Waals surface area contributed by atoms with Crippen molar-refractivity contribution in [3.8, 4) is 0 Å². The van der Waals surface area contributed by atoms with Gasteiger partial charge < -0.3 is 10.6 Å². The van der Waals surface area contributed by atoms with E-state index in [9.17, 15) is 4.79 Å². The highest BCUT2D eigenvalue weighted by Gasteiger charge is 2.25. The van der Waals surface area contributed by atoms with Crippen LogP contribution in [0, 0.1) is 12.8 Å². The van der Waals surface area contributed by atoms with Crippen LogP contribution < -0.4 is 10.6 Å². The van der Waals surface area contributed by atoms with Crippen LogP contribution in [0.1, 0.15) is 84.7 Å². The predicted octanol–water partition coefficient (Wildman–Crippen LogP) is 5.32. The highest BCUT2D eigenvalue weighted by Crippen LogP contribution is 2.32. The monoisotopic (exact) mass is 501 g/mol. The second kappa shape index (κ2) is 11.5. The van der Waals surface area contributed by atoms with Crippen LogP contribution in [-0.2, 0) is 24.2 Å². The first-order valence-electron chi connectivity index (χ1n) is 13.3. The van der Waals surface area contributed by atoms with Gasteiger partial charge in [0.1, 0.15) is 0 Å². The standard InChI is InChI=1S/C26H39N5OS2/c1-18-27-16-22(33-18)15-25(32)28-21-9-7-19(8-10-21)11-13-31-14-12-24-23(17-31)30-26(34-24)29-20-5-3-2-4-6-20/h16,19-21H,2-15,17H2,1H3,(H,28,32)(H,29,30)/t19-,21-. The third-order valence-corrected chi connectivity index (χ3v) is 9.81. The lowest BCUT2D eigenvalue weighted by Crippen LogP contribution is -2.39. The second-order valence-electron chi connectivity index (χ2n) is 10.5. The molecule has 8 heteroatoms. The normalized spacial score (nSPS) is 24.0. The molecule has 0 aromatic carbocycles. The van der Waals surface area contributed by atoms with E-state index in [0.29, 0.717) is 18.5 Å². The number of aromatic nitrogens is 2. The van der Waals surface area contributed by atoms with Gasteiger partial charge in [-0.05, 0) is 70.8 Å². The van der Waals surface area contributed by atoms with Crippen LogP contribution in [0.15, 0.2) is 6.20 Å². The molecule has 1 amide bonds. The summed E-state index contributed by atoms with van der Waals surface area (Å²) in [7, 11) is 0. The smallest absolute Gasteiger partial charge is 0.225 e. The van der Waals surface area contributed by atoms with Crippen LogP contribution in [0.25, 0.3) is 0 Å². The summed E-state index contributed by atoms with van der Waals surface area (Å²) in [6, 6.07) is 0.981. The molecule has 3 aliphatic rings. The molecule has 0 spiro atoms. The van der Waals surface area contributed by atoms with Crippen molar-refractivity contribution >= 4 is 33.7 Å². The summed E-state index contributed by atoms with van der Waals surface area (Å²) in [5.74, 6) is 0.939. The molecule has 2 fully saturated rings. The van der Waals surface area contributed by atoms with Crippen LogP contribution in [0.5, 0.6) is 0 Å². The first-order chi connectivity index (χ1) is 16.6. The molecule has 0 unspecified atom stereocenters. The molecule has 2 aromatic heterocycles. The lowest BCUT2D eigenvalue weighted by atomic mass is 9.84. The Morgan fingerprint density at radius 3 is 2.68 bits per heavy atom. The molecule has 1 aliphatic heterocycles. The highest BCUT2D eigenvalue weighted by molar-refractivity contribution is 7.15. The number of aryl methyl sites for hydroxylation is 1. The first kappa shape index (κ1) is 24.2. The Morgan fingerprint density at radius 2 is 1.91 bits per heavy atom. The summed E-state index contributed by atoms with van der Waals surface area (Å²) >= 11 is 3.52. The Morgan fingerprint density at radius 1 is 1.09 bits per heavy atom. The van der Waals surface area contributed by atoms with Crippen molar-refractivity contribution in [1.29, 1.82) is 0 Å². The van der Waals surface area contributed by atoms with Crippen molar-refractivity contribution in [3.63, 3.8) is 0 Å². The van der Waals surface area contributed by atoms with E-state index in [1.54, 1.807) is 11.3 Å². The van der Waals surface area contributed by atoms with Crippen molar-refractivity contribution in [1.82, 2.24) is 20.2 Å². The zero-order valence-corrected chi connectivity index (χ0v) is 22.1. The van der Waals surface area contributed by atoms with E-state index >= 15 is 0 Å². The molecule has 6 nitrogen and oxygen atoms in total. The number of hydrogen-bond donors (Lipinski definition) is 2. The van der Waals surface area contributed by atoms with Gasteiger partial charge >= 0.3 is 0 Å². The fourth-order valence-electron chi connectivity index (χ4n) is 5.81. The molecule has 186 valence electrons. The van der Waals surface area contributed by atoms with E-state index < -0.39 is 0 Å². The fourth-order valence-corrected chi connectivity index (χ4v) is 7.64. The summed E-state index contributed by atoms with van der Waals surface area (Å²) in [5, 5.41) is 9.17. The number of fused-ring (bicyclic) bond motifs is 1. The topological polar surface area (TPSA) is 70.2 Å². The summed E-state index contributed by atoms with van der Waals surface area (Å²) in [4.78, 5) is 26.8. The molecule has 0 radical (unpaired) electrons. The van der Waals surface area contributed by atoms with Crippen molar-refractivity contribution in [3.05, 3.63) is 26.7 Å². The molecular formula is C26H39N5OS2. The number of anilines is 1. The average molecular weight is 502 g/mol. The van der Waals surface area contributed by atoms with Gasteiger partial charge in [0, 0.05) is 41.1 Å². The van der Waals surface area contributed by atoms with Gasteiger partial charge in [-0.15, -0.1) is 22.7 Å². The molecule has 0 bridgehead atoms. The molecule has 5 rings (SSSR count). The van der Waals surface area contributed by atoms with Gasteiger partial charge in [-0.25, -0.2) is 9.97 Å². The summed E-state index contributed by atoms with van der Waals surface area (Å²) in [6.07, 6.45) is 16.1. The molecule has 2 N–H and O–H groups in total. The zero-order chi connectivity index (χ0) is 23.3. The largest absolute Gasteiger partial charge is 0.359 e. The number of carbonyl (C=O) groups excluding carboxylic acids is 1. The number of nitrogens with zero attached hydrogens (tertiary/aromatic N) is 3. The third kappa shape index (κ3) is 6.58. The van der Waals surface area contributed by atoms with Crippen molar-refractivity contribution in [2.75, 3.05) is 18.4 Å². The zero-order valence-electron chi connectivity index (χ0n) is 20.5. The number of rotatable bonds is 8. The maximum atomic E-state index is 12.4. The highest BCUT2D eigenvalue weighted by atomic mass is 32.1. The molecule has 2 saturated carbocycles. The van der Waals surface area contributed by atoms with E-state index in [1.807, 2.05) is 24.5 Å². The summed E-state index contributed by atoms with van der Waals surface area (Å²) < 4.78 is 0. The van der Waals surface area contributed by atoms with Gasteiger partial charge in [0.25, 0.3) is 0 Å². The van der Waals surface area contributed by atoms with Gasteiger partial charge in [-0.2, -0.15) is 0 Å². The van der Waals surface area contributed by atoms with Crippen LogP contribution in [0.2, 0.25) is 0 Å². The van der Waals surface area contributed by atoms with Crippen LogP contribution in [0.4, 0.5) is 5.13 Å². The van der Waals surface area contributed by atoms with Crippen LogP contribution in [0.3, 0.4) is 0 Å². The van der Waals surface area contributed by atoms with E-state index in [0.717, 1.165) is 46.7 Å². The number of carbonyl (C=O) groups is 1. The lowest BCUT2D eigenvalue weighted by Gasteiger charge is -2.32. The second-order valence-corrected chi connectivity index (χ2v) is 12.9. The summed E-state index contributed by atoms with van der Waals surface area (Å²) in [5.41, 5.74) is 1.32. The van der Waals surface area contributed by atoms with Gasteiger partial charge in [-0.1, -0.05) is 19.3 Å².